The second-order valence-electron chi connectivity index (χ2n) is 6.59. The molecule has 174 valence electrons. The summed E-state index contributed by atoms with van der Waals surface area (Å²) in [6.45, 7) is 3.19. The molecule has 0 spiro atoms. The highest BCUT2D eigenvalue weighted by Gasteiger charge is 2.87. The maximum absolute atomic E-state index is 14.0. The Morgan fingerprint density at radius 2 is 1.33 bits per heavy atom. The third-order valence-corrected chi connectivity index (χ3v) is 3.93. The van der Waals surface area contributed by atoms with E-state index >= 15 is 0 Å². The molecule has 13 heteroatoms. The van der Waals surface area contributed by atoms with Gasteiger partial charge in [0.1, 0.15) is 5.75 Å². The summed E-state index contributed by atoms with van der Waals surface area (Å²) in [5.41, 5.74) is -0.281. The van der Waals surface area contributed by atoms with Crippen molar-refractivity contribution in [2.45, 2.75) is 62.3 Å². The van der Waals surface area contributed by atoms with Crippen LogP contribution in [0.3, 0.4) is 0 Å². The van der Waals surface area contributed by atoms with Crippen LogP contribution in [0.15, 0.2) is 24.3 Å². The molecule has 0 aliphatic heterocycles. The maximum atomic E-state index is 14.0. The summed E-state index contributed by atoms with van der Waals surface area (Å²) in [4.78, 5) is 0. The highest BCUT2D eigenvalue weighted by Crippen LogP contribution is 2.58. The molecular weight excluding hydrogens is 445 g/mol. The molecule has 0 aliphatic rings. The number of rotatable bonds is 9. The molecule has 0 aliphatic carbocycles. The van der Waals surface area contributed by atoms with Gasteiger partial charge in [-0.25, -0.2) is 0 Å². The monoisotopic (exact) mass is 462 g/mol. The highest BCUT2D eigenvalue weighted by atomic mass is 19.4. The zero-order chi connectivity index (χ0) is 23.8. The summed E-state index contributed by atoms with van der Waals surface area (Å²) in [6, 6.07) is 4.69. The predicted molar refractivity (Wildman–Crippen MR) is 82.4 cm³/mol. The molecule has 0 saturated heterocycles. The fraction of sp³-hybridized carbons (Fsp3) is 0.647. The molecule has 1 atom stereocenters. The van der Waals surface area contributed by atoms with E-state index in [0.29, 0.717) is 0 Å². The van der Waals surface area contributed by atoms with Gasteiger partial charge in [-0.15, -0.1) is 0 Å². The van der Waals surface area contributed by atoms with Crippen molar-refractivity contribution in [1.82, 2.24) is 0 Å². The average Bonchev–Trinajstić information content (AvgIpc) is 2.57. The maximum Gasteiger partial charge on any atom is 0.460 e. The zero-order valence-electron chi connectivity index (χ0n) is 15.6. The lowest BCUT2D eigenvalue weighted by Crippen LogP contribution is -2.66. The van der Waals surface area contributed by atoms with Crippen molar-refractivity contribution in [1.29, 1.82) is 0 Å². The smallest absolute Gasteiger partial charge is 0.460 e. The molecule has 0 saturated carbocycles. The van der Waals surface area contributed by atoms with Crippen LogP contribution in [0.25, 0.3) is 0 Å². The molecule has 0 bridgehead atoms. The van der Waals surface area contributed by atoms with Gasteiger partial charge in [0.25, 0.3) is 0 Å². The molecule has 1 aromatic rings. The van der Waals surface area contributed by atoms with Crippen LogP contribution >= 0.6 is 0 Å². The second kappa shape index (κ2) is 8.39. The number of hydrogen-bond acceptors (Lipinski definition) is 2. The van der Waals surface area contributed by atoms with Crippen LogP contribution in [0.2, 0.25) is 0 Å². The molecule has 0 aromatic heterocycles. The van der Waals surface area contributed by atoms with Crippen LogP contribution in [-0.2, 0) is 4.74 Å². The van der Waals surface area contributed by atoms with Gasteiger partial charge in [0.2, 0.25) is 0 Å². The Labute approximate surface area is 163 Å². The molecule has 30 heavy (non-hydrogen) atoms. The van der Waals surface area contributed by atoms with Gasteiger partial charge in [-0.2, -0.15) is 48.3 Å². The van der Waals surface area contributed by atoms with Crippen molar-refractivity contribution >= 4 is 0 Å². The molecular formula is C17H17F11O2. The molecule has 0 N–H and O–H groups in total. The molecule has 1 unspecified atom stereocenters. The molecule has 1 rings (SSSR count). The Morgan fingerprint density at radius 1 is 0.800 bits per heavy atom. The van der Waals surface area contributed by atoms with Crippen LogP contribution in [-0.4, -0.2) is 43.1 Å². The van der Waals surface area contributed by atoms with E-state index < -0.39 is 48.5 Å². The first kappa shape index (κ1) is 26.2. The first-order valence-electron chi connectivity index (χ1n) is 8.19. The number of methoxy groups -OCH3 is 1. The van der Waals surface area contributed by atoms with Gasteiger partial charge in [-0.3, -0.25) is 0 Å². The van der Waals surface area contributed by atoms with Gasteiger partial charge in [-0.05, 0) is 31.5 Å². The van der Waals surface area contributed by atoms with E-state index in [4.69, 9.17) is 4.74 Å². The van der Waals surface area contributed by atoms with Gasteiger partial charge < -0.3 is 9.47 Å². The molecule has 0 amide bonds. The number of halogens is 11. The van der Waals surface area contributed by atoms with E-state index in [1.807, 2.05) is 0 Å². The number of alkyl halides is 11. The minimum absolute atomic E-state index is 0.0635. The van der Waals surface area contributed by atoms with Crippen molar-refractivity contribution in [2.75, 3.05) is 7.11 Å². The summed E-state index contributed by atoms with van der Waals surface area (Å²) in [5, 5.41) is 0. The summed E-state index contributed by atoms with van der Waals surface area (Å²) in [6.07, 6.45) is -12.0. The largest absolute Gasteiger partial charge is 0.491 e. The van der Waals surface area contributed by atoms with Crippen molar-refractivity contribution in [3.63, 3.8) is 0 Å². The highest BCUT2D eigenvalue weighted by molar-refractivity contribution is 5.30. The average molecular weight is 462 g/mol. The Hall–Kier alpha value is -1.79. The quantitative estimate of drug-likeness (QED) is 0.383. The zero-order valence-corrected chi connectivity index (χ0v) is 15.6. The van der Waals surface area contributed by atoms with Crippen molar-refractivity contribution in [3.05, 3.63) is 29.8 Å². The summed E-state index contributed by atoms with van der Waals surface area (Å²) in [7, 11) is 0.733. The molecule has 0 heterocycles. The van der Waals surface area contributed by atoms with Crippen LogP contribution in [0, 0.1) is 0 Å². The summed E-state index contributed by atoms with van der Waals surface area (Å²) < 4.78 is 154. The summed E-state index contributed by atoms with van der Waals surface area (Å²) >= 11 is 0. The second-order valence-corrected chi connectivity index (χ2v) is 6.59. The fourth-order valence-electron chi connectivity index (χ4n) is 2.36. The first-order chi connectivity index (χ1) is 13.3. The van der Waals surface area contributed by atoms with E-state index in [1.165, 1.54) is 12.1 Å². The van der Waals surface area contributed by atoms with Gasteiger partial charge in [0.15, 0.2) is 0 Å². The van der Waals surface area contributed by atoms with Crippen molar-refractivity contribution in [2.24, 2.45) is 0 Å². The standard InChI is InChI=1S/C17H17F11O2/c1-9(2)30-11-6-4-5-10(7-11)12(29-3)8-13(18,19)14(20,21)15(22,23)16(24,25)17(26,27)28/h4-7,9,12H,8H2,1-3H3. The van der Waals surface area contributed by atoms with E-state index in [2.05, 4.69) is 4.74 Å². The van der Waals surface area contributed by atoms with Crippen molar-refractivity contribution in [3.8, 4) is 5.75 Å². The van der Waals surface area contributed by atoms with Crippen LogP contribution < -0.4 is 4.74 Å². The lowest BCUT2D eigenvalue weighted by Gasteiger charge is -2.38. The number of benzene rings is 1. The topological polar surface area (TPSA) is 18.5 Å². The molecule has 1 aromatic carbocycles. The number of hydrogen-bond donors (Lipinski definition) is 0. The first-order valence-corrected chi connectivity index (χ1v) is 8.19. The minimum Gasteiger partial charge on any atom is -0.491 e. The predicted octanol–water partition coefficient (Wildman–Crippen LogP) is 6.65. The van der Waals surface area contributed by atoms with Crippen molar-refractivity contribution < 1.29 is 57.8 Å². The Kier molecular flexibility index (Phi) is 7.34. The fourth-order valence-corrected chi connectivity index (χ4v) is 2.36. The van der Waals surface area contributed by atoms with E-state index in [9.17, 15) is 48.3 Å². The van der Waals surface area contributed by atoms with Gasteiger partial charge >= 0.3 is 29.9 Å². The van der Waals surface area contributed by atoms with Gasteiger partial charge in [0.05, 0.1) is 12.2 Å². The van der Waals surface area contributed by atoms with E-state index in [-0.39, 0.29) is 11.3 Å². The normalized spacial score (nSPS) is 15.4. The number of ether oxygens (including phenoxy) is 2. The SMILES string of the molecule is COC(CC(F)(F)C(F)(F)C(F)(F)C(F)(F)C(F)(F)F)c1cccc(OC(C)C)c1. The van der Waals surface area contributed by atoms with Crippen LogP contribution in [0.5, 0.6) is 5.75 Å². The lowest BCUT2D eigenvalue weighted by atomic mass is 9.92. The lowest BCUT2D eigenvalue weighted by molar-refractivity contribution is -0.423. The van der Waals surface area contributed by atoms with Crippen LogP contribution in [0.1, 0.15) is 31.9 Å². The van der Waals surface area contributed by atoms with E-state index in [0.717, 1.165) is 19.2 Å². The van der Waals surface area contributed by atoms with Gasteiger partial charge in [0, 0.05) is 13.5 Å². The van der Waals surface area contributed by atoms with E-state index in [1.54, 1.807) is 13.8 Å². The van der Waals surface area contributed by atoms with Crippen LogP contribution in [0.4, 0.5) is 48.3 Å². The third kappa shape index (κ3) is 4.75. The summed E-state index contributed by atoms with van der Waals surface area (Å²) in [5.74, 6) is -27.9. The Bertz CT molecular complexity index is 714. The third-order valence-electron chi connectivity index (χ3n) is 3.93. The molecule has 0 fully saturated rings. The minimum atomic E-state index is -7.44. The molecule has 0 radical (unpaired) electrons. The Morgan fingerprint density at radius 3 is 1.77 bits per heavy atom. The van der Waals surface area contributed by atoms with Gasteiger partial charge in [-0.1, -0.05) is 12.1 Å². The Balaban J connectivity index is 3.29. The molecule has 2 nitrogen and oxygen atoms in total.